The molecule has 3 heterocycles. The highest BCUT2D eigenvalue weighted by Crippen LogP contribution is 2.36. The maximum atomic E-state index is 12.1. The van der Waals surface area contributed by atoms with E-state index in [0.717, 1.165) is 0 Å². The fraction of sp³-hybridized carbons (Fsp3) is 0.500. The van der Waals surface area contributed by atoms with Gasteiger partial charge in [-0.3, -0.25) is 4.57 Å². The van der Waals surface area contributed by atoms with Gasteiger partial charge >= 0.3 is 5.97 Å². The van der Waals surface area contributed by atoms with Gasteiger partial charge in [0.2, 0.25) is 0 Å². The SMILES string of the molecule is CC(C)COC(=O)c1ccc(OCCCSc2nc3c(N)ncnc3n2[C@@H]2O[C@H](CO)[C@@H](O)[C@@H]2O)c(O)c1. The Morgan fingerprint density at radius 2 is 2.05 bits per heavy atom. The second kappa shape index (κ2) is 12.1. The average Bonchev–Trinajstić information content (AvgIpc) is 3.40. The molecule has 2 aromatic heterocycles. The van der Waals surface area contributed by atoms with E-state index in [-0.39, 0.29) is 42.0 Å². The number of phenolic OH excluding ortho intramolecular Hbond substituents is 1. The van der Waals surface area contributed by atoms with E-state index in [1.165, 1.54) is 40.9 Å². The standard InChI is InChI=1S/C24H31N5O8S/c1-12(2)10-36-23(34)13-4-5-15(14(31)8-13)35-6-3-7-38-24-28-17-20(25)26-11-27-21(17)29(24)22-19(33)18(32)16(9-30)37-22/h4-5,8,11-12,16,18-19,22,30-33H,3,6-7,9-10H2,1-2H3,(H2,25,26,27)/t16-,18-,19+,22-/m1/s1. The number of esters is 1. The number of aliphatic hydroxyl groups excluding tert-OH is 3. The monoisotopic (exact) mass is 549 g/mol. The van der Waals surface area contributed by atoms with Crippen LogP contribution in [0.25, 0.3) is 11.2 Å². The van der Waals surface area contributed by atoms with Crippen molar-refractivity contribution in [2.24, 2.45) is 5.92 Å². The number of carbonyl (C=O) groups excluding carboxylic acids is 1. The Bertz CT molecular complexity index is 1270. The first-order valence-corrected chi connectivity index (χ1v) is 13.1. The number of nitrogens with zero attached hydrogens (tertiary/aromatic N) is 4. The zero-order valence-corrected chi connectivity index (χ0v) is 21.7. The molecule has 4 rings (SSSR count). The number of ether oxygens (including phenoxy) is 3. The van der Waals surface area contributed by atoms with E-state index in [1.54, 1.807) is 0 Å². The van der Waals surface area contributed by atoms with Crippen LogP contribution >= 0.6 is 11.8 Å². The van der Waals surface area contributed by atoms with Crippen LogP contribution in [0.2, 0.25) is 0 Å². The summed E-state index contributed by atoms with van der Waals surface area (Å²) in [5.74, 6) is 0.423. The predicted molar refractivity (Wildman–Crippen MR) is 137 cm³/mol. The van der Waals surface area contributed by atoms with Gasteiger partial charge in [0, 0.05) is 5.75 Å². The maximum absolute atomic E-state index is 12.1. The first-order valence-electron chi connectivity index (χ1n) is 12.1. The summed E-state index contributed by atoms with van der Waals surface area (Å²) in [6, 6.07) is 4.35. The summed E-state index contributed by atoms with van der Waals surface area (Å²) < 4.78 is 18.1. The van der Waals surface area contributed by atoms with Gasteiger partial charge in [0.25, 0.3) is 0 Å². The second-order valence-corrected chi connectivity index (χ2v) is 10.2. The Morgan fingerprint density at radius 1 is 1.26 bits per heavy atom. The van der Waals surface area contributed by atoms with Gasteiger partial charge in [-0.05, 0) is 30.5 Å². The largest absolute Gasteiger partial charge is 0.504 e. The van der Waals surface area contributed by atoms with Gasteiger partial charge in [-0.25, -0.2) is 19.7 Å². The number of benzene rings is 1. The topological polar surface area (TPSA) is 195 Å². The van der Waals surface area contributed by atoms with Crippen molar-refractivity contribution in [3.05, 3.63) is 30.1 Å². The van der Waals surface area contributed by atoms with Crippen LogP contribution in [0.1, 0.15) is 36.9 Å². The molecule has 206 valence electrons. The minimum atomic E-state index is -1.32. The number of aliphatic hydroxyl groups is 3. The number of carbonyl (C=O) groups is 1. The van der Waals surface area contributed by atoms with E-state index in [1.807, 2.05) is 13.8 Å². The molecule has 0 bridgehead atoms. The zero-order chi connectivity index (χ0) is 27.4. The second-order valence-electron chi connectivity index (χ2n) is 9.15. The molecule has 1 aromatic carbocycles. The number of hydrogen-bond donors (Lipinski definition) is 5. The van der Waals surface area contributed by atoms with Crippen LogP contribution in [0.4, 0.5) is 5.82 Å². The first kappa shape index (κ1) is 27.9. The van der Waals surface area contributed by atoms with Gasteiger partial charge in [-0.2, -0.15) is 0 Å². The Kier molecular flexibility index (Phi) is 8.89. The smallest absolute Gasteiger partial charge is 0.338 e. The summed E-state index contributed by atoms with van der Waals surface area (Å²) in [5.41, 5.74) is 6.84. The average molecular weight is 550 g/mol. The Hall–Kier alpha value is -3.17. The van der Waals surface area contributed by atoms with E-state index in [4.69, 9.17) is 19.9 Å². The van der Waals surface area contributed by atoms with Crippen molar-refractivity contribution in [1.82, 2.24) is 19.5 Å². The summed E-state index contributed by atoms with van der Waals surface area (Å²) in [6.07, 6.45) is -2.80. The van der Waals surface area contributed by atoms with Gasteiger partial charge in [-0.15, -0.1) is 0 Å². The van der Waals surface area contributed by atoms with Crippen molar-refractivity contribution in [3.63, 3.8) is 0 Å². The summed E-state index contributed by atoms with van der Waals surface area (Å²) in [6.45, 7) is 3.94. The van der Waals surface area contributed by atoms with E-state index < -0.39 is 37.1 Å². The zero-order valence-electron chi connectivity index (χ0n) is 20.9. The molecule has 0 spiro atoms. The number of aromatic nitrogens is 4. The molecule has 6 N–H and O–H groups in total. The Morgan fingerprint density at radius 3 is 2.74 bits per heavy atom. The lowest BCUT2D eigenvalue weighted by Gasteiger charge is -2.19. The van der Waals surface area contributed by atoms with Crippen molar-refractivity contribution in [1.29, 1.82) is 0 Å². The third kappa shape index (κ3) is 5.94. The molecule has 1 fully saturated rings. The third-order valence-corrected chi connectivity index (χ3v) is 6.80. The molecule has 0 amide bonds. The van der Waals surface area contributed by atoms with Crippen LogP contribution in [0.5, 0.6) is 11.5 Å². The van der Waals surface area contributed by atoms with Crippen molar-refractivity contribution in [3.8, 4) is 11.5 Å². The molecule has 38 heavy (non-hydrogen) atoms. The highest BCUT2D eigenvalue weighted by atomic mass is 32.2. The van der Waals surface area contributed by atoms with Crippen LogP contribution in [0.15, 0.2) is 29.7 Å². The summed E-state index contributed by atoms with van der Waals surface area (Å²) in [5, 5.41) is 40.9. The molecule has 0 unspecified atom stereocenters. The van der Waals surface area contributed by atoms with Gasteiger partial charge in [0.05, 0.1) is 25.4 Å². The normalized spacial score (nSPS) is 21.3. The lowest BCUT2D eigenvalue weighted by Crippen LogP contribution is -2.33. The summed E-state index contributed by atoms with van der Waals surface area (Å²) in [7, 11) is 0. The van der Waals surface area contributed by atoms with Gasteiger partial charge in [0.1, 0.15) is 24.6 Å². The minimum Gasteiger partial charge on any atom is -0.504 e. The number of hydrogen-bond acceptors (Lipinski definition) is 13. The lowest BCUT2D eigenvalue weighted by atomic mass is 10.1. The molecular weight excluding hydrogens is 518 g/mol. The van der Waals surface area contributed by atoms with E-state index in [0.29, 0.717) is 28.5 Å². The molecule has 4 atom stereocenters. The summed E-state index contributed by atoms with van der Waals surface area (Å²) >= 11 is 1.32. The van der Waals surface area contributed by atoms with Crippen LogP contribution in [0.3, 0.4) is 0 Å². The fourth-order valence-corrected chi connectivity index (χ4v) is 4.76. The number of nitrogen functional groups attached to an aromatic ring is 1. The van der Waals surface area contributed by atoms with Crippen LogP contribution in [-0.2, 0) is 9.47 Å². The molecule has 1 aliphatic rings. The van der Waals surface area contributed by atoms with Crippen molar-refractivity contribution >= 4 is 34.7 Å². The number of nitrogens with two attached hydrogens (primary N) is 1. The van der Waals surface area contributed by atoms with Crippen LogP contribution in [-0.4, -0.2) is 89.8 Å². The molecule has 14 heteroatoms. The molecule has 0 radical (unpaired) electrons. The lowest BCUT2D eigenvalue weighted by molar-refractivity contribution is -0.0548. The van der Waals surface area contributed by atoms with E-state index in [2.05, 4.69) is 15.0 Å². The number of phenols is 1. The quantitative estimate of drug-likeness (QED) is 0.130. The van der Waals surface area contributed by atoms with Gasteiger partial charge < -0.3 is 40.4 Å². The molecule has 13 nitrogen and oxygen atoms in total. The Balaban J connectivity index is 1.39. The molecule has 0 saturated carbocycles. The number of rotatable bonds is 11. The number of thioether (sulfide) groups is 1. The first-order chi connectivity index (χ1) is 18.2. The Labute approximate surface area is 222 Å². The minimum absolute atomic E-state index is 0.151. The van der Waals surface area contributed by atoms with Crippen LogP contribution in [0, 0.1) is 5.92 Å². The number of anilines is 1. The van der Waals surface area contributed by atoms with Gasteiger partial charge in [0.15, 0.2) is 39.9 Å². The van der Waals surface area contributed by atoms with Crippen molar-refractivity contribution < 1.29 is 39.4 Å². The van der Waals surface area contributed by atoms with E-state index in [9.17, 15) is 25.2 Å². The number of aromatic hydroxyl groups is 1. The van der Waals surface area contributed by atoms with Crippen molar-refractivity contribution in [2.45, 2.75) is 50.0 Å². The van der Waals surface area contributed by atoms with E-state index >= 15 is 0 Å². The predicted octanol–water partition coefficient (Wildman–Crippen LogP) is 1.10. The number of imidazole rings is 1. The highest BCUT2D eigenvalue weighted by Gasteiger charge is 2.45. The van der Waals surface area contributed by atoms with Crippen LogP contribution < -0.4 is 10.5 Å². The van der Waals surface area contributed by atoms with Crippen molar-refractivity contribution in [2.75, 3.05) is 31.3 Å². The molecule has 1 saturated heterocycles. The summed E-state index contributed by atoms with van der Waals surface area (Å²) in [4.78, 5) is 24.8. The molecule has 1 aliphatic heterocycles. The third-order valence-electron chi connectivity index (χ3n) is 5.76. The van der Waals surface area contributed by atoms with Gasteiger partial charge in [-0.1, -0.05) is 25.6 Å². The molecular formula is C24H31N5O8S. The molecule has 0 aliphatic carbocycles. The highest BCUT2D eigenvalue weighted by molar-refractivity contribution is 7.99. The fourth-order valence-electron chi connectivity index (χ4n) is 3.83. The molecule has 3 aromatic rings. The maximum Gasteiger partial charge on any atom is 0.338 e. The number of fused-ring (bicyclic) bond motifs is 1.